The van der Waals surface area contributed by atoms with Gasteiger partial charge in [0.15, 0.2) is 0 Å². The molecular weight excluding hydrogens is 244 g/mol. The summed E-state index contributed by atoms with van der Waals surface area (Å²) >= 11 is 5.77. The number of carbonyl (C=O) groups is 1. The Labute approximate surface area is 104 Å². The summed E-state index contributed by atoms with van der Waals surface area (Å²) < 4.78 is 10.2. The topological polar surface area (TPSA) is 73.6 Å². The molecule has 3 N–H and O–H groups in total. The molecule has 0 saturated carbocycles. The van der Waals surface area contributed by atoms with Crippen molar-refractivity contribution >= 4 is 28.9 Å². The molecule has 1 aliphatic heterocycles. The van der Waals surface area contributed by atoms with E-state index in [-0.39, 0.29) is 18.6 Å². The number of amides is 1. The van der Waals surface area contributed by atoms with Crippen molar-refractivity contribution in [3.63, 3.8) is 0 Å². The van der Waals surface area contributed by atoms with Crippen LogP contribution in [0.25, 0.3) is 0 Å². The number of nitrogens with one attached hydrogen (secondary N) is 1. The molecule has 2 rings (SSSR count). The molecule has 1 saturated heterocycles. The first-order chi connectivity index (χ1) is 8.15. The number of hydrogen-bond acceptors (Lipinski definition) is 4. The van der Waals surface area contributed by atoms with Gasteiger partial charge in [-0.25, -0.2) is 0 Å². The van der Waals surface area contributed by atoms with Crippen LogP contribution in [0.5, 0.6) is 0 Å². The standard InChI is InChI=1S/C11H13ClN2O3/c12-9-2-1-7(3-10(9)13)14-11(15)6-17-8-4-16-5-8/h1-3,8H,4-6,13H2,(H,14,15). The van der Waals surface area contributed by atoms with E-state index in [4.69, 9.17) is 26.8 Å². The Hall–Kier alpha value is -1.30. The Morgan fingerprint density at radius 1 is 1.59 bits per heavy atom. The molecule has 6 heteroatoms. The minimum atomic E-state index is -0.223. The number of carbonyl (C=O) groups excluding carboxylic acids is 1. The van der Waals surface area contributed by atoms with E-state index in [0.717, 1.165) is 0 Å². The highest BCUT2D eigenvalue weighted by Crippen LogP contribution is 2.22. The molecule has 0 bridgehead atoms. The zero-order valence-electron chi connectivity index (χ0n) is 9.11. The Morgan fingerprint density at radius 2 is 2.35 bits per heavy atom. The lowest BCUT2D eigenvalue weighted by molar-refractivity contribution is -0.144. The fourth-order valence-electron chi connectivity index (χ4n) is 1.32. The summed E-state index contributed by atoms with van der Waals surface area (Å²) in [6.07, 6.45) is 0.0380. The van der Waals surface area contributed by atoms with Gasteiger partial charge in [-0.15, -0.1) is 0 Å². The number of rotatable bonds is 4. The van der Waals surface area contributed by atoms with Gasteiger partial charge in [0.05, 0.1) is 23.9 Å². The zero-order valence-corrected chi connectivity index (χ0v) is 9.87. The first-order valence-corrected chi connectivity index (χ1v) is 5.57. The summed E-state index contributed by atoms with van der Waals surface area (Å²) in [5, 5.41) is 3.13. The molecule has 1 heterocycles. The molecule has 1 aromatic carbocycles. The fraction of sp³-hybridized carbons (Fsp3) is 0.364. The van der Waals surface area contributed by atoms with Crippen molar-refractivity contribution in [1.29, 1.82) is 0 Å². The molecule has 0 atom stereocenters. The number of nitrogens with two attached hydrogens (primary N) is 1. The van der Waals surface area contributed by atoms with Crippen LogP contribution in [0, 0.1) is 0 Å². The maximum absolute atomic E-state index is 11.5. The molecule has 5 nitrogen and oxygen atoms in total. The second kappa shape index (κ2) is 5.35. The largest absolute Gasteiger partial charge is 0.397 e. The lowest BCUT2D eigenvalue weighted by Crippen LogP contribution is -2.38. The number of nitrogen functional groups attached to an aromatic ring is 1. The van der Waals surface area contributed by atoms with Crippen LogP contribution in [-0.4, -0.2) is 31.8 Å². The zero-order chi connectivity index (χ0) is 12.3. The van der Waals surface area contributed by atoms with Gasteiger partial charge >= 0.3 is 0 Å². The van der Waals surface area contributed by atoms with Gasteiger partial charge < -0.3 is 20.5 Å². The molecular formula is C11H13ClN2O3. The molecule has 0 spiro atoms. The lowest BCUT2D eigenvalue weighted by Gasteiger charge is -2.25. The van der Waals surface area contributed by atoms with Crippen LogP contribution in [0.15, 0.2) is 18.2 Å². The molecule has 1 aliphatic rings. The fourth-order valence-corrected chi connectivity index (χ4v) is 1.44. The van der Waals surface area contributed by atoms with Gasteiger partial charge in [0.2, 0.25) is 5.91 Å². The number of halogens is 1. The minimum Gasteiger partial charge on any atom is -0.397 e. The van der Waals surface area contributed by atoms with Crippen LogP contribution >= 0.6 is 11.6 Å². The highest BCUT2D eigenvalue weighted by atomic mass is 35.5. The van der Waals surface area contributed by atoms with Crippen molar-refractivity contribution in [2.45, 2.75) is 6.10 Å². The molecule has 1 aromatic rings. The summed E-state index contributed by atoms with van der Waals surface area (Å²) in [7, 11) is 0. The van der Waals surface area contributed by atoms with Gasteiger partial charge in [0.25, 0.3) is 0 Å². The van der Waals surface area contributed by atoms with Gasteiger partial charge in [0, 0.05) is 5.69 Å². The van der Waals surface area contributed by atoms with E-state index >= 15 is 0 Å². The van der Waals surface area contributed by atoms with Gasteiger partial charge in [0.1, 0.15) is 12.7 Å². The van der Waals surface area contributed by atoms with Crippen molar-refractivity contribution < 1.29 is 14.3 Å². The highest BCUT2D eigenvalue weighted by Gasteiger charge is 2.19. The minimum absolute atomic E-state index is 0.0105. The summed E-state index contributed by atoms with van der Waals surface area (Å²) in [5.41, 5.74) is 6.65. The van der Waals surface area contributed by atoms with E-state index in [0.29, 0.717) is 29.6 Å². The van der Waals surface area contributed by atoms with Crippen LogP contribution < -0.4 is 11.1 Å². The second-order valence-electron chi connectivity index (χ2n) is 3.75. The van der Waals surface area contributed by atoms with E-state index in [1.807, 2.05) is 0 Å². The Kier molecular flexibility index (Phi) is 3.83. The maximum atomic E-state index is 11.5. The predicted molar refractivity (Wildman–Crippen MR) is 65.1 cm³/mol. The van der Waals surface area contributed by atoms with E-state index < -0.39 is 0 Å². The summed E-state index contributed by atoms with van der Waals surface area (Å²) in [6.45, 7) is 1.12. The molecule has 92 valence electrons. The average Bonchev–Trinajstić information content (AvgIpc) is 2.21. The van der Waals surface area contributed by atoms with Gasteiger partial charge in [-0.2, -0.15) is 0 Å². The van der Waals surface area contributed by atoms with Crippen molar-refractivity contribution in [1.82, 2.24) is 0 Å². The van der Waals surface area contributed by atoms with E-state index in [1.54, 1.807) is 18.2 Å². The third-order valence-corrected chi connectivity index (χ3v) is 2.68. The smallest absolute Gasteiger partial charge is 0.250 e. The molecule has 0 unspecified atom stereocenters. The predicted octanol–water partition coefficient (Wildman–Crippen LogP) is 1.28. The van der Waals surface area contributed by atoms with Gasteiger partial charge in [-0.3, -0.25) is 4.79 Å². The molecule has 1 fully saturated rings. The van der Waals surface area contributed by atoms with E-state index in [9.17, 15) is 4.79 Å². The molecule has 0 aliphatic carbocycles. The normalized spacial score (nSPS) is 15.4. The molecule has 0 radical (unpaired) electrons. The lowest BCUT2D eigenvalue weighted by atomic mass is 10.3. The summed E-state index contributed by atoms with van der Waals surface area (Å²) in [6, 6.07) is 4.92. The van der Waals surface area contributed by atoms with Gasteiger partial charge in [-0.05, 0) is 18.2 Å². The summed E-state index contributed by atoms with van der Waals surface area (Å²) in [5.74, 6) is -0.223. The van der Waals surface area contributed by atoms with Crippen LogP contribution in [0.2, 0.25) is 5.02 Å². The maximum Gasteiger partial charge on any atom is 0.250 e. The third kappa shape index (κ3) is 3.33. The average molecular weight is 257 g/mol. The monoisotopic (exact) mass is 256 g/mol. The van der Waals surface area contributed by atoms with Crippen molar-refractivity contribution in [2.75, 3.05) is 30.9 Å². The third-order valence-electron chi connectivity index (χ3n) is 2.34. The molecule has 17 heavy (non-hydrogen) atoms. The quantitative estimate of drug-likeness (QED) is 0.796. The Bertz CT molecular complexity index is 421. The van der Waals surface area contributed by atoms with Crippen LogP contribution in [0.3, 0.4) is 0 Å². The molecule has 1 amide bonds. The van der Waals surface area contributed by atoms with Crippen LogP contribution in [-0.2, 0) is 14.3 Å². The van der Waals surface area contributed by atoms with Gasteiger partial charge in [-0.1, -0.05) is 11.6 Å². The highest BCUT2D eigenvalue weighted by molar-refractivity contribution is 6.33. The van der Waals surface area contributed by atoms with E-state index in [2.05, 4.69) is 5.32 Å². The number of benzene rings is 1. The first-order valence-electron chi connectivity index (χ1n) is 5.19. The van der Waals surface area contributed by atoms with E-state index in [1.165, 1.54) is 0 Å². The summed E-state index contributed by atoms with van der Waals surface area (Å²) in [4.78, 5) is 11.5. The number of anilines is 2. The van der Waals surface area contributed by atoms with Crippen molar-refractivity contribution in [3.05, 3.63) is 23.2 Å². The number of ether oxygens (including phenoxy) is 2. The Balaban J connectivity index is 1.82. The van der Waals surface area contributed by atoms with Crippen LogP contribution in [0.1, 0.15) is 0 Å². The Morgan fingerprint density at radius 3 is 2.94 bits per heavy atom. The second-order valence-corrected chi connectivity index (χ2v) is 4.16. The van der Waals surface area contributed by atoms with Crippen molar-refractivity contribution in [2.24, 2.45) is 0 Å². The first kappa shape index (κ1) is 12.2. The SMILES string of the molecule is Nc1cc(NC(=O)COC2COC2)ccc1Cl. The van der Waals surface area contributed by atoms with Crippen molar-refractivity contribution in [3.8, 4) is 0 Å². The van der Waals surface area contributed by atoms with Crippen LogP contribution in [0.4, 0.5) is 11.4 Å². The molecule has 0 aromatic heterocycles. The number of hydrogen-bond donors (Lipinski definition) is 2.